The summed E-state index contributed by atoms with van der Waals surface area (Å²) in [5, 5.41) is 5.03. The Balaban J connectivity index is 0.000000313. The van der Waals surface area contributed by atoms with Gasteiger partial charge in [0.05, 0.1) is 26.9 Å². The summed E-state index contributed by atoms with van der Waals surface area (Å²) in [6.45, 7) is 3.03. The third-order valence-electron chi connectivity index (χ3n) is 4.85. The Labute approximate surface area is 214 Å². The summed E-state index contributed by atoms with van der Waals surface area (Å²) in [5.74, 6) is -5.36. The minimum Gasteiger partial charge on any atom is -0.494 e. The number of nitrogens with one attached hydrogen (secondary N) is 2. The van der Waals surface area contributed by atoms with E-state index in [4.69, 9.17) is 0 Å². The zero-order valence-corrected chi connectivity index (χ0v) is 21.2. The van der Waals surface area contributed by atoms with Crippen LogP contribution in [0.5, 0.6) is 11.5 Å². The molecule has 0 aliphatic heterocycles. The zero-order chi connectivity index (χ0) is 29.0. The van der Waals surface area contributed by atoms with E-state index in [2.05, 4.69) is 24.4 Å². The van der Waals surface area contributed by atoms with Crippen LogP contribution in [0.3, 0.4) is 0 Å². The monoisotopic (exact) mass is 542 g/mol. The van der Waals surface area contributed by atoms with Crippen LogP contribution in [0.2, 0.25) is 0 Å². The fourth-order valence-corrected chi connectivity index (χ4v) is 2.81. The van der Waals surface area contributed by atoms with E-state index < -0.39 is 29.2 Å². The fraction of sp³-hybridized carbons (Fsp3) is 0.280. The Kier molecular flexibility index (Phi) is 12.5. The lowest BCUT2D eigenvalue weighted by Crippen LogP contribution is -2.08. The lowest BCUT2D eigenvalue weighted by Gasteiger charge is -2.06. The van der Waals surface area contributed by atoms with E-state index in [0.717, 1.165) is 6.07 Å². The zero-order valence-electron chi connectivity index (χ0n) is 21.2. The molecule has 0 unspecified atom stereocenters. The molecule has 0 atom stereocenters. The molecule has 9 nitrogen and oxygen atoms in total. The van der Waals surface area contributed by atoms with Crippen molar-refractivity contribution in [2.24, 2.45) is 0 Å². The van der Waals surface area contributed by atoms with Gasteiger partial charge in [0.1, 0.15) is 12.2 Å². The molecule has 13 heteroatoms. The van der Waals surface area contributed by atoms with Gasteiger partial charge in [0.15, 0.2) is 29.4 Å². The van der Waals surface area contributed by atoms with Crippen LogP contribution in [-0.4, -0.2) is 49.6 Å². The van der Waals surface area contributed by atoms with Gasteiger partial charge in [-0.25, -0.2) is 8.78 Å². The maximum Gasteiger partial charge on any atom is 0.313 e. The van der Waals surface area contributed by atoms with Crippen molar-refractivity contribution >= 4 is 18.0 Å². The molecule has 2 aromatic carbocycles. The number of benzene rings is 2. The van der Waals surface area contributed by atoms with Crippen LogP contribution in [-0.2, 0) is 20.7 Å². The molecule has 0 aliphatic rings. The molecule has 0 amide bonds. The van der Waals surface area contributed by atoms with Crippen LogP contribution < -0.4 is 15.0 Å². The molecule has 1 heterocycles. The predicted molar refractivity (Wildman–Crippen MR) is 127 cm³/mol. The van der Waals surface area contributed by atoms with E-state index in [1.807, 2.05) is 0 Å². The van der Waals surface area contributed by atoms with E-state index in [1.54, 1.807) is 6.92 Å². The third-order valence-corrected chi connectivity index (χ3v) is 4.85. The first-order valence-corrected chi connectivity index (χ1v) is 10.7. The summed E-state index contributed by atoms with van der Waals surface area (Å²) in [6.07, 6.45) is 0.158. The molecular formula is C25H26F4N2O7. The predicted octanol–water partition coefficient (Wildman–Crippen LogP) is 3.81. The van der Waals surface area contributed by atoms with Gasteiger partial charge >= 0.3 is 5.97 Å². The second-order valence-electron chi connectivity index (χ2n) is 7.47. The van der Waals surface area contributed by atoms with Crippen molar-refractivity contribution in [2.45, 2.75) is 26.7 Å². The number of rotatable bonds is 7. The number of aromatic amines is 2. The van der Waals surface area contributed by atoms with E-state index >= 15 is 0 Å². The molecule has 3 aromatic rings. The van der Waals surface area contributed by atoms with E-state index in [9.17, 15) is 36.7 Å². The summed E-state index contributed by atoms with van der Waals surface area (Å²) in [6, 6.07) is 5.10. The van der Waals surface area contributed by atoms with E-state index in [0.29, 0.717) is 11.3 Å². The minimum atomic E-state index is -1.18. The summed E-state index contributed by atoms with van der Waals surface area (Å²) in [4.78, 5) is 41.9. The van der Waals surface area contributed by atoms with Gasteiger partial charge in [-0.2, -0.15) is 8.78 Å². The van der Waals surface area contributed by atoms with Crippen LogP contribution in [0.25, 0.3) is 0 Å². The smallest absolute Gasteiger partial charge is 0.313 e. The third kappa shape index (κ3) is 8.61. The van der Waals surface area contributed by atoms with Crippen molar-refractivity contribution in [3.63, 3.8) is 0 Å². The van der Waals surface area contributed by atoms with Gasteiger partial charge in [-0.3, -0.25) is 24.3 Å². The molecule has 0 aliphatic carbocycles. The number of carbonyl (C=O) groups excluding carboxylic acids is 3. The van der Waals surface area contributed by atoms with Gasteiger partial charge in [-0.15, -0.1) is 0 Å². The van der Waals surface area contributed by atoms with Crippen molar-refractivity contribution in [2.75, 3.05) is 21.3 Å². The molecule has 0 fully saturated rings. The highest BCUT2D eigenvalue weighted by Gasteiger charge is 2.16. The number of hydrogen-bond donors (Lipinski definition) is 2. The molecule has 0 radical (unpaired) electrons. The number of aldehydes is 1. The Morgan fingerprint density at radius 2 is 1.42 bits per heavy atom. The second kappa shape index (κ2) is 15.0. The lowest BCUT2D eigenvalue weighted by atomic mass is 10.0. The molecule has 0 spiro atoms. The largest absolute Gasteiger partial charge is 0.494 e. The number of ketones is 1. The number of ether oxygens (including phenoxy) is 3. The van der Waals surface area contributed by atoms with Gasteiger partial charge in [0.2, 0.25) is 11.6 Å². The number of aryl methyl sites for hydroxylation is 1. The average Bonchev–Trinajstić information content (AvgIpc) is 3.21. The van der Waals surface area contributed by atoms with Gasteiger partial charge in [-0.1, -0.05) is 6.07 Å². The molecule has 3 rings (SSSR count). The number of Topliss-reactive ketones (excluding diaryl/α,β-unsaturated/α-hetero) is 1. The van der Waals surface area contributed by atoms with Crippen molar-refractivity contribution in [3.8, 4) is 11.5 Å². The van der Waals surface area contributed by atoms with Gasteiger partial charge in [-0.05, 0) is 37.6 Å². The Morgan fingerprint density at radius 3 is 1.84 bits per heavy atom. The molecule has 0 saturated heterocycles. The molecular weight excluding hydrogens is 516 g/mol. The number of aromatic nitrogens is 2. The summed E-state index contributed by atoms with van der Waals surface area (Å²) < 4.78 is 66.1. The van der Waals surface area contributed by atoms with Gasteiger partial charge < -0.3 is 19.3 Å². The van der Waals surface area contributed by atoms with Crippen LogP contribution in [0.15, 0.2) is 29.1 Å². The Morgan fingerprint density at radius 1 is 0.868 bits per heavy atom. The van der Waals surface area contributed by atoms with Crippen LogP contribution >= 0.6 is 0 Å². The number of methoxy groups -OCH3 is 3. The average molecular weight is 542 g/mol. The van der Waals surface area contributed by atoms with E-state index in [1.165, 1.54) is 46.5 Å². The molecule has 0 saturated carbocycles. The first-order valence-electron chi connectivity index (χ1n) is 10.7. The number of hydrogen-bond acceptors (Lipinski definition) is 7. The summed E-state index contributed by atoms with van der Waals surface area (Å²) >= 11 is 0. The first kappa shape index (κ1) is 31.6. The highest BCUT2D eigenvalue weighted by molar-refractivity contribution is 5.93. The topological polar surface area (TPSA) is 128 Å². The summed E-state index contributed by atoms with van der Waals surface area (Å²) in [5.41, 5.74) is 0.465. The Hall–Kier alpha value is -4.42. The van der Waals surface area contributed by atoms with E-state index in [-0.39, 0.29) is 53.1 Å². The highest BCUT2D eigenvalue weighted by atomic mass is 19.2. The fourth-order valence-electron chi connectivity index (χ4n) is 2.81. The van der Waals surface area contributed by atoms with Crippen LogP contribution in [0.4, 0.5) is 17.6 Å². The van der Waals surface area contributed by atoms with Gasteiger partial charge in [0.25, 0.3) is 5.56 Å². The molecule has 206 valence electrons. The standard InChI is InChI=1S/C12H12F2N2O2.C8H6F2O2.C5H8O3/c1-6-8(12(17)16-15-6)5-7-3-4-9(18-2)11(14)10(7)13;1-12-6-3-2-5(4-11)7(9)8(6)10;1-4(6)3-5(7)8-2/h3-4H,5H2,1-2H3,(H2,15,16,17);2-4H,1H3;3H2,1-2H3. The summed E-state index contributed by atoms with van der Waals surface area (Å²) in [7, 11) is 3.74. The molecule has 1 aromatic heterocycles. The first-order chi connectivity index (χ1) is 17.9. The van der Waals surface area contributed by atoms with Gasteiger partial charge in [0, 0.05) is 17.7 Å². The maximum atomic E-state index is 13.7. The second-order valence-corrected chi connectivity index (χ2v) is 7.47. The normalized spacial score (nSPS) is 9.82. The number of halogens is 4. The highest BCUT2D eigenvalue weighted by Crippen LogP contribution is 2.24. The SMILES string of the molecule is COC(=O)CC(C)=O.COc1ccc(C=O)c(F)c1F.COc1ccc(Cc2c(C)[nH][nH]c2=O)c(F)c1F. The Bertz CT molecular complexity index is 1340. The molecule has 2 N–H and O–H groups in total. The van der Waals surface area contributed by atoms with Crippen molar-refractivity contribution < 1.29 is 46.2 Å². The lowest BCUT2D eigenvalue weighted by molar-refractivity contribution is -0.142. The van der Waals surface area contributed by atoms with Crippen molar-refractivity contribution in [1.29, 1.82) is 0 Å². The maximum absolute atomic E-state index is 13.7. The van der Waals surface area contributed by atoms with Crippen molar-refractivity contribution in [3.05, 3.63) is 80.3 Å². The molecule has 38 heavy (non-hydrogen) atoms. The quantitative estimate of drug-likeness (QED) is 0.201. The van der Waals surface area contributed by atoms with Crippen LogP contribution in [0.1, 0.15) is 40.5 Å². The molecule has 0 bridgehead atoms. The van der Waals surface area contributed by atoms with Crippen molar-refractivity contribution in [1.82, 2.24) is 10.2 Å². The number of H-pyrrole nitrogens is 2. The van der Waals surface area contributed by atoms with Crippen LogP contribution in [0, 0.1) is 30.2 Å². The number of carbonyl (C=O) groups is 3. The number of esters is 1. The minimum absolute atomic E-state index is 0.0252.